The van der Waals surface area contributed by atoms with Gasteiger partial charge in [0.25, 0.3) is 0 Å². The molecule has 84 valence electrons. The zero-order valence-electron chi connectivity index (χ0n) is 8.66. The van der Waals surface area contributed by atoms with Gasteiger partial charge in [-0.15, -0.1) is 0 Å². The second kappa shape index (κ2) is 4.86. The minimum atomic E-state index is -3.28. The van der Waals surface area contributed by atoms with Crippen molar-refractivity contribution in [3.8, 4) is 5.75 Å². The van der Waals surface area contributed by atoms with Crippen LogP contribution in [0.15, 0.2) is 23.1 Å². The van der Waals surface area contributed by atoms with E-state index in [-0.39, 0.29) is 16.4 Å². The molecule has 0 fully saturated rings. The fourth-order valence-electron chi connectivity index (χ4n) is 1.17. The first-order valence-electron chi connectivity index (χ1n) is 4.67. The van der Waals surface area contributed by atoms with Crippen molar-refractivity contribution in [3.05, 3.63) is 23.2 Å². The number of benzene rings is 1. The van der Waals surface area contributed by atoms with E-state index >= 15 is 0 Å². The smallest absolute Gasteiger partial charge is 0.181 e. The largest absolute Gasteiger partial charge is 0.491 e. The lowest BCUT2D eigenvalue weighted by atomic mass is 10.3. The SMILES string of the molecule is CCOc1c(Cl)cccc1S(=O)(=O)CC. The molecule has 5 heteroatoms. The number of rotatable bonds is 4. The van der Waals surface area contributed by atoms with Crippen LogP contribution in [0.2, 0.25) is 5.02 Å². The van der Waals surface area contributed by atoms with E-state index < -0.39 is 9.84 Å². The summed E-state index contributed by atoms with van der Waals surface area (Å²) in [4.78, 5) is 0.166. The highest BCUT2D eigenvalue weighted by Crippen LogP contribution is 2.32. The summed E-state index contributed by atoms with van der Waals surface area (Å²) in [7, 11) is -3.28. The van der Waals surface area contributed by atoms with Crippen molar-refractivity contribution in [2.24, 2.45) is 0 Å². The van der Waals surface area contributed by atoms with Gasteiger partial charge in [-0.25, -0.2) is 8.42 Å². The first-order chi connectivity index (χ1) is 7.03. The van der Waals surface area contributed by atoms with Gasteiger partial charge in [-0.3, -0.25) is 0 Å². The maximum atomic E-state index is 11.7. The van der Waals surface area contributed by atoms with Crippen LogP contribution < -0.4 is 4.74 Å². The van der Waals surface area contributed by atoms with E-state index in [9.17, 15) is 8.42 Å². The molecule has 1 aromatic rings. The zero-order chi connectivity index (χ0) is 11.5. The standard InChI is InChI=1S/C10H13ClO3S/c1-3-14-10-8(11)6-5-7-9(10)15(12,13)4-2/h5-7H,3-4H2,1-2H3. The molecule has 1 aromatic carbocycles. The van der Waals surface area contributed by atoms with Crippen LogP contribution in [0.5, 0.6) is 5.75 Å². The Morgan fingerprint density at radius 3 is 2.53 bits per heavy atom. The summed E-state index contributed by atoms with van der Waals surface area (Å²) in [5.74, 6) is 0.288. The molecular weight excluding hydrogens is 236 g/mol. The first-order valence-corrected chi connectivity index (χ1v) is 6.70. The Labute approximate surface area is 94.9 Å². The van der Waals surface area contributed by atoms with E-state index in [1.807, 2.05) is 0 Å². The summed E-state index contributed by atoms with van der Waals surface area (Å²) in [6.45, 7) is 3.76. The van der Waals surface area contributed by atoms with Crippen LogP contribution in [0.4, 0.5) is 0 Å². The van der Waals surface area contributed by atoms with Gasteiger partial charge in [0.1, 0.15) is 4.90 Å². The number of sulfone groups is 1. The predicted molar refractivity (Wildman–Crippen MR) is 60.3 cm³/mol. The van der Waals surface area contributed by atoms with Crippen LogP contribution in [-0.2, 0) is 9.84 Å². The number of para-hydroxylation sites is 1. The molecule has 0 unspecified atom stereocenters. The highest BCUT2D eigenvalue weighted by Gasteiger charge is 2.19. The van der Waals surface area contributed by atoms with Crippen molar-refractivity contribution in [2.45, 2.75) is 18.7 Å². The van der Waals surface area contributed by atoms with Gasteiger partial charge in [-0.1, -0.05) is 24.6 Å². The molecule has 0 aliphatic heterocycles. The Bertz CT molecular complexity index is 440. The Balaban J connectivity index is 3.35. The van der Waals surface area contributed by atoms with E-state index in [1.54, 1.807) is 26.0 Å². The Morgan fingerprint density at radius 2 is 2.00 bits per heavy atom. The number of ether oxygens (including phenoxy) is 1. The van der Waals surface area contributed by atoms with Gasteiger partial charge in [0.15, 0.2) is 15.6 Å². The summed E-state index contributed by atoms with van der Waals surface area (Å²) in [5, 5.41) is 0.325. The Morgan fingerprint density at radius 1 is 1.33 bits per heavy atom. The molecular formula is C10H13ClO3S. The molecule has 0 bridgehead atoms. The average molecular weight is 249 g/mol. The Kier molecular flexibility index (Phi) is 3.99. The molecule has 0 aliphatic carbocycles. The summed E-state index contributed by atoms with van der Waals surface area (Å²) in [6.07, 6.45) is 0. The van der Waals surface area contributed by atoms with Crippen molar-refractivity contribution in [3.63, 3.8) is 0 Å². The van der Waals surface area contributed by atoms with Crippen molar-refractivity contribution < 1.29 is 13.2 Å². The molecule has 15 heavy (non-hydrogen) atoms. The molecule has 0 amide bonds. The van der Waals surface area contributed by atoms with Gasteiger partial charge in [0.2, 0.25) is 0 Å². The lowest BCUT2D eigenvalue weighted by molar-refractivity contribution is 0.331. The summed E-state index contributed by atoms with van der Waals surface area (Å²) in [6, 6.07) is 4.73. The van der Waals surface area contributed by atoms with E-state index in [4.69, 9.17) is 16.3 Å². The van der Waals surface area contributed by atoms with Gasteiger partial charge in [-0.05, 0) is 19.1 Å². The predicted octanol–water partition coefficient (Wildman–Crippen LogP) is 2.53. The van der Waals surface area contributed by atoms with Crippen LogP contribution in [0.1, 0.15) is 13.8 Å². The lowest BCUT2D eigenvalue weighted by Crippen LogP contribution is -2.07. The number of halogens is 1. The molecule has 0 spiro atoms. The lowest BCUT2D eigenvalue weighted by Gasteiger charge is -2.11. The maximum Gasteiger partial charge on any atom is 0.181 e. The van der Waals surface area contributed by atoms with E-state index in [0.717, 1.165) is 0 Å². The highest BCUT2D eigenvalue weighted by molar-refractivity contribution is 7.91. The van der Waals surface area contributed by atoms with Crippen LogP contribution >= 0.6 is 11.6 Å². The van der Waals surface area contributed by atoms with E-state index in [0.29, 0.717) is 11.6 Å². The fourth-order valence-corrected chi connectivity index (χ4v) is 2.51. The molecule has 0 aliphatic rings. The van der Waals surface area contributed by atoms with Crippen molar-refractivity contribution in [1.82, 2.24) is 0 Å². The minimum Gasteiger partial charge on any atom is -0.491 e. The average Bonchev–Trinajstić information content (AvgIpc) is 2.21. The number of hydrogen-bond acceptors (Lipinski definition) is 3. The van der Waals surface area contributed by atoms with Gasteiger partial charge in [0.05, 0.1) is 17.4 Å². The van der Waals surface area contributed by atoms with Crippen LogP contribution in [0, 0.1) is 0 Å². The van der Waals surface area contributed by atoms with Crippen molar-refractivity contribution >= 4 is 21.4 Å². The third-order valence-corrected chi connectivity index (χ3v) is 3.98. The normalized spacial score (nSPS) is 11.4. The summed E-state index contributed by atoms with van der Waals surface area (Å²) in [5.41, 5.74) is 0. The summed E-state index contributed by atoms with van der Waals surface area (Å²) >= 11 is 5.88. The highest BCUT2D eigenvalue weighted by atomic mass is 35.5. The van der Waals surface area contributed by atoms with Gasteiger partial charge in [-0.2, -0.15) is 0 Å². The van der Waals surface area contributed by atoms with Crippen molar-refractivity contribution in [1.29, 1.82) is 0 Å². The monoisotopic (exact) mass is 248 g/mol. The molecule has 1 rings (SSSR count). The third kappa shape index (κ3) is 2.63. The van der Waals surface area contributed by atoms with E-state index in [2.05, 4.69) is 0 Å². The maximum absolute atomic E-state index is 11.7. The van der Waals surface area contributed by atoms with Crippen LogP contribution in [0.25, 0.3) is 0 Å². The molecule has 0 radical (unpaired) electrons. The molecule has 3 nitrogen and oxygen atoms in total. The second-order valence-corrected chi connectivity index (χ2v) is 5.56. The van der Waals surface area contributed by atoms with E-state index in [1.165, 1.54) is 6.07 Å². The number of hydrogen-bond donors (Lipinski definition) is 0. The Hall–Kier alpha value is -0.740. The van der Waals surface area contributed by atoms with Gasteiger partial charge < -0.3 is 4.74 Å². The van der Waals surface area contributed by atoms with Gasteiger partial charge >= 0.3 is 0 Å². The molecule has 0 atom stereocenters. The molecule has 0 heterocycles. The second-order valence-electron chi connectivity index (χ2n) is 2.90. The molecule has 0 N–H and O–H groups in total. The summed E-state index contributed by atoms with van der Waals surface area (Å²) < 4.78 is 28.7. The molecule has 0 aromatic heterocycles. The van der Waals surface area contributed by atoms with Crippen LogP contribution in [0.3, 0.4) is 0 Å². The minimum absolute atomic E-state index is 0.0351. The third-order valence-electron chi connectivity index (χ3n) is 1.93. The fraction of sp³-hybridized carbons (Fsp3) is 0.400. The first kappa shape index (κ1) is 12.3. The molecule has 0 saturated carbocycles. The topological polar surface area (TPSA) is 43.4 Å². The quantitative estimate of drug-likeness (QED) is 0.823. The van der Waals surface area contributed by atoms with Gasteiger partial charge in [0, 0.05) is 0 Å². The zero-order valence-corrected chi connectivity index (χ0v) is 10.2. The van der Waals surface area contributed by atoms with Crippen LogP contribution in [-0.4, -0.2) is 20.8 Å². The van der Waals surface area contributed by atoms with Crippen molar-refractivity contribution in [2.75, 3.05) is 12.4 Å². The molecule has 0 saturated heterocycles.